The Morgan fingerprint density at radius 1 is 1.02 bits per heavy atom. The monoisotopic (exact) mass is 566 g/mol. The summed E-state index contributed by atoms with van der Waals surface area (Å²) in [7, 11) is 2.93. The first-order valence-electron chi connectivity index (χ1n) is 12.9. The number of hydrogen-bond donors (Lipinski definition) is 4. The molecule has 3 aliphatic rings. The number of rotatable bonds is 6. The van der Waals surface area contributed by atoms with Crippen LogP contribution in [0.2, 0.25) is 0 Å². The van der Waals surface area contributed by atoms with Gasteiger partial charge >= 0.3 is 0 Å². The van der Waals surface area contributed by atoms with Crippen molar-refractivity contribution in [3.63, 3.8) is 0 Å². The van der Waals surface area contributed by atoms with E-state index >= 15 is 0 Å². The van der Waals surface area contributed by atoms with Gasteiger partial charge in [-0.15, -0.1) is 0 Å². The second kappa shape index (κ2) is 10.2. The molecule has 8 atom stereocenters. The van der Waals surface area contributed by atoms with Crippen LogP contribution in [0.1, 0.15) is 27.4 Å². The molecule has 2 fully saturated rings. The van der Waals surface area contributed by atoms with Crippen LogP contribution in [0.25, 0.3) is 0 Å². The lowest BCUT2D eigenvalue weighted by Gasteiger charge is -2.56. The van der Waals surface area contributed by atoms with Crippen LogP contribution in [0, 0.1) is 23.7 Å². The Kier molecular flexibility index (Phi) is 7.20. The lowest BCUT2D eigenvalue weighted by molar-refractivity contribution is -0.196. The van der Waals surface area contributed by atoms with Crippen molar-refractivity contribution in [3.8, 4) is 5.75 Å². The summed E-state index contributed by atoms with van der Waals surface area (Å²) in [5, 5.41) is 34.3. The zero-order valence-corrected chi connectivity index (χ0v) is 22.7. The predicted octanol–water partition coefficient (Wildman–Crippen LogP) is 0.312. The van der Waals surface area contributed by atoms with Crippen molar-refractivity contribution in [2.24, 2.45) is 29.4 Å². The number of aliphatic hydroxyl groups is 2. The summed E-state index contributed by atoms with van der Waals surface area (Å²) in [5.74, 6) is -12.3. The molecule has 2 saturated carbocycles. The molecule has 0 radical (unpaired) electrons. The van der Waals surface area contributed by atoms with Crippen LogP contribution in [-0.2, 0) is 24.9 Å². The molecule has 2 unspecified atom stereocenters. The SMILES string of the molecule is CN(C)[C@H]1C(=O)C(C(N)=O)C(=O)[C@]2(O)C(=O)C3C(=O)c4c(O)cccc4[C@@H](CSCc4ccccc4)[C@@H]3[C@@H](O)[C@H]12. The van der Waals surface area contributed by atoms with Gasteiger partial charge in [0.15, 0.2) is 34.7 Å². The van der Waals surface area contributed by atoms with Gasteiger partial charge in [0.2, 0.25) is 5.91 Å². The first-order valence-corrected chi connectivity index (χ1v) is 14.0. The summed E-state index contributed by atoms with van der Waals surface area (Å²) < 4.78 is 0. The number of Topliss-reactive ketones (excluding diaryl/α,β-unsaturated/α-hetero) is 4. The van der Waals surface area contributed by atoms with E-state index in [4.69, 9.17) is 5.73 Å². The fraction of sp³-hybridized carbons (Fsp3) is 0.414. The van der Waals surface area contributed by atoms with Gasteiger partial charge in [-0.3, -0.25) is 28.9 Å². The number of amides is 1. The number of fused-ring (bicyclic) bond motifs is 3. The maximum atomic E-state index is 14.1. The Bertz CT molecular complexity index is 1410. The van der Waals surface area contributed by atoms with E-state index in [1.54, 1.807) is 12.1 Å². The van der Waals surface area contributed by atoms with Crippen LogP contribution in [0.4, 0.5) is 0 Å². The van der Waals surface area contributed by atoms with Gasteiger partial charge in [-0.05, 0) is 31.3 Å². The molecule has 2 aromatic carbocycles. The molecule has 0 bridgehead atoms. The molecule has 0 aliphatic heterocycles. The number of thioether (sulfide) groups is 1. The topological polar surface area (TPSA) is 175 Å². The summed E-state index contributed by atoms with van der Waals surface area (Å²) in [6.45, 7) is 0. The Hall–Kier alpha value is -3.38. The van der Waals surface area contributed by atoms with E-state index < -0.39 is 76.4 Å². The van der Waals surface area contributed by atoms with Gasteiger partial charge in [0.05, 0.1) is 29.5 Å². The van der Waals surface area contributed by atoms with Gasteiger partial charge in [-0.2, -0.15) is 11.8 Å². The molecule has 2 aromatic rings. The highest BCUT2D eigenvalue weighted by molar-refractivity contribution is 7.98. The fourth-order valence-electron chi connectivity index (χ4n) is 6.84. The third-order valence-corrected chi connectivity index (χ3v) is 9.69. The molecule has 5 N–H and O–H groups in total. The number of likely N-dealkylation sites (N-methyl/N-ethyl adjacent to an activating group) is 1. The quantitative estimate of drug-likeness (QED) is 0.356. The summed E-state index contributed by atoms with van der Waals surface area (Å²) in [5.41, 5.74) is 3.71. The van der Waals surface area contributed by atoms with Crippen LogP contribution in [0.5, 0.6) is 5.75 Å². The number of hydrogen-bond acceptors (Lipinski definition) is 10. The summed E-state index contributed by atoms with van der Waals surface area (Å²) in [6.07, 6.45) is -1.66. The normalized spacial score (nSPS) is 33.4. The molecule has 10 nitrogen and oxygen atoms in total. The van der Waals surface area contributed by atoms with Crippen molar-refractivity contribution in [2.45, 2.75) is 29.4 Å². The van der Waals surface area contributed by atoms with E-state index in [2.05, 4.69) is 0 Å². The Morgan fingerprint density at radius 2 is 1.70 bits per heavy atom. The van der Waals surface area contributed by atoms with Gasteiger partial charge in [-0.1, -0.05) is 42.5 Å². The van der Waals surface area contributed by atoms with E-state index in [0.29, 0.717) is 17.1 Å². The van der Waals surface area contributed by atoms with E-state index in [0.717, 1.165) is 5.56 Å². The molecule has 3 aliphatic carbocycles. The predicted molar refractivity (Wildman–Crippen MR) is 144 cm³/mol. The van der Waals surface area contributed by atoms with Crippen molar-refractivity contribution >= 4 is 40.8 Å². The third-order valence-electron chi connectivity index (χ3n) is 8.56. The van der Waals surface area contributed by atoms with Gasteiger partial charge in [-0.25, -0.2) is 0 Å². The number of aromatic hydroxyl groups is 1. The Morgan fingerprint density at radius 3 is 2.33 bits per heavy atom. The largest absolute Gasteiger partial charge is 0.507 e. The molecule has 11 heteroatoms. The summed E-state index contributed by atoms with van der Waals surface area (Å²) >= 11 is 1.50. The highest BCUT2D eigenvalue weighted by Gasteiger charge is 2.73. The van der Waals surface area contributed by atoms with Crippen molar-refractivity contribution in [3.05, 3.63) is 65.2 Å². The molecule has 0 spiro atoms. The van der Waals surface area contributed by atoms with Gasteiger partial charge in [0.1, 0.15) is 5.75 Å². The standard InChI is InChI=1S/C29H30N2O8S/c1-31(2)22-21-24(34)18-15(12-40-11-13-7-4-3-5-8-13)14-9-6-10-16(32)17(14)23(33)19(18)26(36)29(21,39)27(37)20(25(22)35)28(30)38/h3-10,15,18-22,24,32,34,39H,11-12H2,1-2H3,(H2,30,38)/t15-,18+,19?,20?,21+,22-,24-,29-/m1/s1. The number of phenolic OH excluding ortho intramolecular Hbond substituents is 1. The molecular weight excluding hydrogens is 536 g/mol. The number of ketones is 4. The van der Waals surface area contributed by atoms with Crippen LogP contribution in [0.3, 0.4) is 0 Å². The molecule has 0 heterocycles. The minimum absolute atomic E-state index is 0.105. The first kappa shape index (κ1) is 28.2. The Labute approximate surface area is 234 Å². The highest BCUT2D eigenvalue weighted by atomic mass is 32.2. The van der Waals surface area contributed by atoms with E-state index in [-0.39, 0.29) is 11.3 Å². The molecular formula is C29H30N2O8S. The molecule has 1 amide bonds. The molecule has 40 heavy (non-hydrogen) atoms. The molecule has 0 saturated heterocycles. The number of aliphatic hydroxyl groups excluding tert-OH is 1. The second-order valence-electron chi connectivity index (χ2n) is 10.9. The minimum atomic E-state index is -3.01. The molecule has 5 rings (SSSR count). The van der Waals surface area contributed by atoms with Gasteiger partial charge in [0.25, 0.3) is 0 Å². The molecule has 0 aromatic heterocycles. The van der Waals surface area contributed by atoms with Crippen LogP contribution in [-0.4, -0.2) is 86.9 Å². The smallest absolute Gasteiger partial charge is 0.235 e. The van der Waals surface area contributed by atoms with Crippen LogP contribution < -0.4 is 5.73 Å². The average Bonchev–Trinajstić information content (AvgIpc) is 2.90. The average molecular weight is 567 g/mol. The third kappa shape index (κ3) is 4.02. The maximum absolute atomic E-state index is 14.1. The lowest BCUT2D eigenvalue weighted by Crippen LogP contribution is -2.77. The van der Waals surface area contributed by atoms with E-state index in [9.17, 15) is 39.3 Å². The number of primary amides is 1. The number of carbonyl (C=O) groups is 5. The number of carbonyl (C=O) groups excluding carboxylic acids is 5. The highest BCUT2D eigenvalue weighted by Crippen LogP contribution is 2.55. The minimum Gasteiger partial charge on any atom is -0.507 e. The second-order valence-corrected chi connectivity index (χ2v) is 12.0. The zero-order chi connectivity index (χ0) is 29.1. The maximum Gasteiger partial charge on any atom is 0.235 e. The zero-order valence-electron chi connectivity index (χ0n) is 21.9. The van der Waals surface area contributed by atoms with Crippen molar-refractivity contribution < 1.29 is 39.3 Å². The fourth-order valence-corrected chi connectivity index (χ4v) is 8.05. The summed E-state index contributed by atoms with van der Waals surface area (Å²) in [4.78, 5) is 68.2. The van der Waals surface area contributed by atoms with Crippen molar-refractivity contribution in [1.29, 1.82) is 0 Å². The number of nitrogens with zero attached hydrogens (tertiary/aromatic N) is 1. The first-order chi connectivity index (χ1) is 18.9. The Balaban J connectivity index is 1.64. The van der Waals surface area contributed by atoms with E-state index in [1.165, 1.54) is 36.8 Å². The van der Waals surface area contributed by atoms with Gasteiger partial charge in [0, 0.05) is 23.3 Å². The lowest BCUT2D eigenvalue weighted by atomic mass is 9.49. The van der Waals surface area contributed by atoms with Crippen molar-refractivity contribution in [2.75, 3.05) is 19.8 Å². The van der Waals surface area contributed by atoms with Crippen molar-refractivity contribution in [1.82, 2.24) is 4.90 Å². The number of benzene rings is 2. The number of phenols is 1. The van der Waals surface area contributed by atoms with Gasteiger partial charge < -0.3 is 21.1 Å². The summed E-state index contributed by atoms with van der Waals surface area (Å²) in [6, 6.07) is 12.7. The van der Waals surface area contributed by atoms with Crippen LogP contribution >= 0.6 is 11.8 Å². The molecule has 210 valence electrons. The number of nitrogens with two attached hydrogens (primary N) is 1. The van der Waals surface area contributed by atoms with Crippen LogP contribution in [0.15, 0.2) is 48.5 Å². The van der Waals surface area contributed by atoms with E-state index in [1.807, 2.05) is 30.3 Å².